The van der Waals surface area contributed by atoms with Gasteiger partial charge in [-0.05, 0) is 18.1 Å². The van der Waals surface area contributed by atoms with E-state index in [1.165, 1.54) is 4.90 Å². The van der Waals surface area contributed by atoms with E-state index in [9.17, 15) is 9.59 Å². The number of nitrogens with zero attached hydrogens (tertiary/aromatic N) is 1. The lowest BCUT2D eigenvalue weighted by Crippen LogP contribution is -2.34. The molecule has 0 heterocycles. The molecule has 0 aromatic carbocycles. The first-order valence-electron chi connectivity index (χ1n) is 5.89. The Kier molecular flexibility index (Phi) is 8.04. The highest BCUT2D eigenvalue weighted by Gasteiger charge is 2.17. The minimum atomic E-state index is -0.864. The van der Waals surface area contributed by atoms with Gasteiger partial charge in [0.1, 0.15) is 0 Å². The first-order chi connectivity index (χ1) is 7.84. The Hall–Kier alpha value is -0.710. The lowest BCUT2D eigenvalue weighted by molar-refractivity contribution is -0.142. The number of thioether (sulfide) groups is 1. The zero-order valence-corrected chi connectivity index (χ0v) is 11.9. The Bertz CT molecular complexity index is 256. The lowest BCUT2D eigenvalue weighted by atomic mass is 10.2. The fraction of sp³-hybridized carbons (Fsp3) is 0.833. The number of amides is 1. The molecule has 0 aromatic heterocycles. The van der Waals surface area contributed by atoms with Gasteiger partial charge in [0.25, 0.3) is 0 Å². The number of aliphatic carboxylic acids is 1. The fourth-order valence-corrected chi connectivity index (χ4v) is 2.36. The molecule has 1 amide bonds. The maximum atomic E-state index is 11.7. The minimum Gasteiger partial charge on any atom is -0.481 e. The van der Waals surface area contributed by atoms with E-state index < -0.39 is 11.9 Å². The van der Waals surface area contributed by atoms with E-state index in [4.69, 9.17) is 5.11 Å². The molecule has 1 unspecified atom stereocenters. The van der Waals surface area contributed by atoms with Gasteiger partial charge in [-0.2, -0.15) is 11.8 Å². The van der Waals surface area contributed by atoms with Gasteiger partial charge in [-0.3, -0.25) is 9.59 Å². The fourth-order valence-electron chi connectivity index (χ4n) is 1.18. The highest BCUT2D eigenvalue weighted by Crippen LogP contribution is 2.10. The normalized spacial score (nSPS) is 12.5. The molecule has 5 heteroatoms. The van der Waals surface area contributed by atoms with Crippen molar-refractivity contribution < 1.29 is 14.7 Å². The summed E-state index contributed by atoms with van der Waals surface area (Å²) >= 11 is 1.61. The Morgan fingerprint density at radius 1 is 1.29 bits per heavy atom. The number of carbonyl (C=O) groups is 2. The van der Waals surface area contributed by atoms with Crippen molar-refractivity contribution in [3.05, 3.63) is 0 Å². The van der Waals surface area contributed by atoms with Crippen LogP contribution in [0.3, 0.4) is 0 Å². The zero-order valence-electron chi connectivity index (χ0n) is 11.1. The van der Waals surface area contributed by atoms with Crippen molar-refractivity contribution >= 4 is 23.6 Å². The van der Waals surface area contributed by atoms with Crippen LogP contribution in [0.4, 0.5) is 0 Å². The maximum absolute atomic E-state index is 11.7. The average Bonchev–Trinajstić information content (AvgIpc) is 2.23. The standard InChI is InChI=1S/C12H23NO3S/c1-9(2)5-6-17-8-11(14)13(4)7-10(3)12(15)16/h9-10H,5-8H2,1-4H3,(H,15,16). The molecule has 0 radical (unpaired) electrons. The summed E-state index contributed by atoms with van der Waals surface area (Å²) in [6, 6.07) is 0. The third-order valence-corrected chi connectivity index (χ3v) is 3.44. The molecule has 1 atom stereocenters. The van der Waals surface area contributed by atoms with Crippen LogP contribution >= 0.6 is 11.8 Å². The van der Waals surface area contributed by atoms with Gasteiger partial charge < -0.3 is 10.0 Å². The number of carboxylic acids is 1. The average molecular weight is 261 g/mol. The van der Waals surface area contributed by atoms with Gasteiger partial charge in [0.15, 0.2) is 0 Å². The smallest absolute Gasteiger partial charge is 0.308 e. The van der Waals surface area contributed by atoms with Crippen LogP contribution < -0.4 is 0 Å². The van der Waals surface area contributed by atoms with E-state index in [1.807, 2.05) is 0 Å². The molecule has 100 valence electrons. The highest BCUT2D eigenvalue weighted by molar-refractivity contribution is 7.99. The Labute approximate surface area is 108 Å². The summed E-state index contributed by atoms with van der Waals surface area (Å²) in [5, 5.41) is 8.74. The van der Waals surface area contributed by atoms with E-state index in [0.717, 1.165) is 12.2 Å². The third-order valence-electron chi connectivity index (χ3n) is 2.46. The van der Waals surface area contributed by atoms with Crippen molar-refractivity contribution in [1.29, 1.82) is 0 Å². The van der Waals surface area contributed by atoms with Gasteiger partial charge >= 0.3 is 5.97 Å². The van der Waals surface area contributed by atoms with Gasteiger partial charge in [-0.15, -0.1) is 0 Å². The molecule has 17 heavy (non-hydrogen) atoms. The lowest BCUT2D eigenvalue weighted by Gasteiger charge is -2.19. The Morgan fingerprint density at radius 2 is 1.88 bits per heavy atom. The van der Waals surface area contributed by atoms with E-state index >= 15 is 0 Å². The van der Waals surface area contributed by atoms with E-state index in [0.29, 0.717) is 11.7 Å². The summed E-state index contributed by atoms with van der Waals surface area (Å²) in [6.07, 6.45) is 1.10. The van der Waals surface area contributed by atoms with Crippen LogP contribution in [0.15, 0.2) is 0 Å². The van der Waals surface area contributed by atoms with E-state index in [1.54, 1.807) is 25.7 Å². The molecule has 0 saturated carbocycles. The SMILES string of the molecule is CC(C)CCSCC(=O)N(C)CC(C)C(=O)O. The highest BCUT2D eigenvalue weighted by atomic mass is 32.2. The summed E-state index contributed by atoms with van der Waals surface area (Å²) in [6.45, 7) is 6.20. The van der Waals surface area contributed by atoms with Crippen LogP contribution in [0.5, 0.6) is 0 Å². The van der Waals surface area contributed by atoms with Crippen molar-refractivity contribution in [3.8, 4) is 0 Å². The van der Waals surface area contributed by atoms with Crippen molar-refractivity contribution in [1.82, 2.24) is 4.90 Å². The quantitative estimate of drug-likeness (QED) is 0.678. The van der Waals surface area contributed by atoms with Gasteiger partial charge in [0.05, 0.1) is 11.7 Å². The Balaban J connectivity index is 3.78. The van der Waals surface area contributed by atoms with Crippen molar-refractivity contribution in [2.75, 3.05) is 25.1 Å². The van der Waals surface area contributed by atoms with Gasteiger partial charge in [-0.25, -0.2) is 0 Å². The number of carboxylic acid groups (broad SMARTS) is 1. The van der Waals surface area contributed by atoms with Crippen LogP contribution in [0.1, 0.15) is 27.2 Å². The molecular weight excluding hydrogens is 238 g/mol. The van der Waals surface area contributed by atoms with Crippen molar-refractivity contribution in [2.45, 2.75) is 27.2 Å². The molecule has 0 spiro atoms. The molecule has 0 saturated heterocycles. The van der Waals surface area contributed by atoms with Crippen molar-refractivity contribution in [2.24, 2.45) is 11.8 Å². The van der Waals surface area contributed by atoms with Crippen molar-refractivity contribution in [3.63, 3.8) is 0 Å². The van der Waals surface area contributed by atoms with Gasteiger partial charge in [0, 0.05) is 13.6 Å². The molecular formula is C12H23NO3S. The van der Waals surface area contributed by atoms with E-state index in [2.05, 4.69) is 13.8 Å². The monoisotopic (exact) mass is 261 g/mol. The van der Waals surface area contributed by atoms with Crippen LogP contribution in [0.25, 0.3) is 0 Å². The maximum Gasteiger partial charge on any atom is 0.308 e. The summed E-state index contributed by atoms with van der Waals surface area (Å²) < 4.78 is 0. The minimum absolute atomic E-state index is 0.00635. The molecule has 0 fully saturated rings. The molecule has 0 aromatic rings. The second-order valence-electron chi connectivity index (χ2n) is 4.75. The zero-order chi connectivity index (χ0) is 13.4. The van der Waals surface area contributed by atoms with Crippen LogP contribution in [-0.4, -0.2) is 47.0 Å². The number of rotatable bonds is 8. The topological polar surface area (TPSA) is 57.6 Å². The first kappa shape index (κ1) is 16.3. The van der Waals surface area contributed by atoms with Crippen LogP contribution in [0.2, 0.25) is 0 Å². The predicted octanol–water partition coefficient (Wildman–Crippen LogP) is 1.94. The molecule has 0 aliphatic rings. The molecule has 0 rings (SSSR count). The van der Waals surface area contributed by atoms with Crippen LogP contribution in [0, 0.1) is 11.8 Å². The second kappa shape index (κ2) is 8.39. The number of hydrogen-bond acceptors (Lipinski definition) is 3. The van der Waals surface area contributed by atoms with E-state index in [-0.39, 0.29) is 12.5 Å². The molecule has 4 nitrogen and oxygen atoms in total. The molecule has 1 N–H and O–H groups in total. The third kappa shape index (κ3) is 8.07. The second-order valence-corrected chi connectivity index (χ2v) is 5.85. The summed E-state index contributed by atoms with van der Waals surface area (Å²) in [5.74, 6) is 0.706. The molecule has 0 aliphatic carbocycles. The largest absolute Gasteiger partial charge is 0.481 e. The van der Waals surface area contributed by atoms with Gasteiger partial charge in [-0.1, -0.05) is 20.8 Å². The first-order valence-corrected chi connectivity index (χ1v) is 7.04. The molecule has 0 bridgehead atoms. The summed E-state index contributed by atoms with van der Waals surface area (Å²) in [4.78, 5) is 23.8. The summed E-state index contributed by atoms with van der Waals surface area (Å²) in [5.41, 5.74) is 0. The Morgan fingerprint density at radius 3 is 2.35 bits per heavy atom. The predicted molar refractivity (Wildman–Crippen MR) is 71.2 cm³/mol. The van der Waals surface area contributed by atoms with Gasteiger partial charge in [0.2, 0.25) is 5.91 Å². The molecule has 0 aliphatic heterocycles. The number of hydrogen-bond donors (Lipinski definition) is 1. The summed E-state index contributed by atoms with van der Waals surface area (Å²) in [7, 11) is 1.66. The van der Waals surface area contributed by atoms with Crippen LogP contribution in [-0.2, 0) is 9.59 Å². The number of carbonyl (C=O) groups excluding carboxylic acids is 1.